The van der Waals surface area contributed by atoms with Crippen molar-refractivity contribution in [3.05, 3.63) is 54.1 Å². The Morgan fingerprint density at radius 3 is 2.89 bits per heavy atom. The first-order valence-corrected chi connectivity index (χ1v) is 6.26. The Labute approximate surface area is 111 Å². The molecule has 0 saturated heterocycles. The van der Waals surface area contributed by atoms with Crippen molar-refractivity contribution in [1.29, 1.82) is 0 Å². The number of anilines is 1. The van der Waals surface area contributed by atoms with Crippen molar-refractivity contribution in [3.8, 4) is 0 Å². The summed E-state index contributed by atoms with van der Waals surface area (Å²) in [6.45, 7) is 2.91. The predicted molar refractivity (Wildman–Crippen MR) is 74.2 cm³/mol. The second kappa shape index (κ2) is 5.06. The Balaban J connectivity index is 1.73. The smallest absolute Gasteiger partial charge is 0.157 e. The highest BCUT2D eigenvalue weighted by Gasteiger charge is 2.03. The third-order valence-electron chi connectivity index (χ3n) is 2.99. The van der Waals surface area contributed by atoms with Gasteiger partial charge in [-0.3, -0.25) is 4.98 Å². The monoisotopic (exact) mass is 253 g/mol. The van der Waals surface area contributed by atoms with Gasteiger partial charge in [0.15, 0.2) is 5.65 Å². The fourth-order valence-corrected chi connectivity index (χ4v) is 2.07. The van der Waals surface area contributed by atoms with Gasteiger partial charge in [0.1, 0.15) is 12.1 Å². The average Bonchev–Trinajstić information content (AvgIpc) is 2.88. The maximum absolute atomic E-state index is 4.22. The quantitative estimate of drug-likeness (QED) is 0.773. The van der Waals surface area contributed by atoms with E-state index in [9.17, 15) is 0 Å². The van der Waals surface area contributed by atoms with Crippen LogP contribution < -0.4 is 5.32 Å². The molecule has 0 spiro atoms. The SMILES string of the molecule is Cc1cc(NCCc2ccncc2)n2ncnc2c1. The van der Waals surface area contributed by atoms with Crippen LogP contribution in [0.4, 0.5) is 5.82 Å². The Bertz CT molecular complexity index is 675. The number of aromatic nitrogens is 4. The number of fused-ring (bicyclic) bond motifs is 1. The molecule has 0 unspecified atom stereocenters. The molecule has 3 heterocycles. The predicted octanol–water partition coefficient (Wildman–Crippen LogP) is 2.09. The van der Waals surface area contributed by atoms with Crippen LogP contribution in [0, 0.1) is 6.92 Å². The van der Waals surface area contributed by atoms with Gasteiger partial charge in [-0.2, -0.15) is 9.61 Å². The minimum atomic E-state index is 0.850. The van der Waals surface area contributed by atoms with E-state index in [-0.39, 0.29) is 0 Å². The Morgan fingerprint density at radius 1 is 1.21 bits per heavy atom. The van der Waals surface area contributed by atoms with Crippen molar-refractivity contribution < 1.29 is 0 Å². The van der Waals surface area contributed by atoms with E-state index in [1.807, 2.05) is 35.1 Å². The highest BCUT2D eigenvalue weighted by atomic mass is 15.3. The van der Waals surface area contributed by atoms with Gasteiger partial charge in [0.05, 0.1) is 0 Å². The third kappa shape index (κ3) is 2.54. The van der Waals surface area contributed by atoms with Crippen LogP contribution in [0.15, 0.2) is 43.0 Å². The molecule has 3 rings (SSSR count). The summed E-state index contributed by atoms with van der Waals surface area (Å²) in [5.74, 6) is 0.974. The van der Waals surface area contributed by atoms with Gasteiger partial charge in [-0.15, -0.1) is 0 Å². The van der Waals surface area contributed by atoms with Crippen LogP contribution in [0.1, 0.15) is 11.1 Å². The lowest BCUT2D eigenvalue weighted by molar-refractivity contribution is 0.924. The summed E-state index contributed by atoms with van der Waals surface area (Å²) in [7, 11) is 0. The van der Waals surface area contributed by atoms with E-state index in [2.05, 4.69) is 33.4 Å². The highest BCUT2D eigenvalue weighted by molar-refractivity contribution is 5.51. The maximum Gasteiger partial charge on any atom is 0.157 e. The van der Waals surface area contributed by atoms with Crippen LogP contribution >= 0.6 is 0 Å². The molecule has 1 N–H and O–H groups in total. The van der Waals surface area contributed by atoms with Crippen molar-refractivity contribution in [3.63, 3.8) is 0 Å². The van der Waals surface area contributed by atoms with Gasteiger partial charge in [0.25, 0.3) is 0 Å². The summed E-state index contributed by atoms with van der Waals surface area (Å²) in [6, 6.07) is 8.15. The van der Waals surface area contributed by atoms with Crippen molar-refractivity contribution >= 4 is 11.5 Å². The van der Waals surface area contributed by atoms with Crippen LogP contribution in [0.5, 0.6) is 0 Å². The van der Waals surface area contributed by atoms with E-state index in [0.717, 1.165) is 24.4 Å². The molecule has 5 heteroatoms. The van der Waals surface area contributed by atoms with Crippen molar-refractivity contribution in [2.24, 2.45) is 0 Å². The lowest BCUT2D eigenvalue weighted by atomic mass is 10.2. The summed E-state index contributed by atoms with van der Waals surface area (Å²) < 4.78 is 1.82. The molecule has 19 heavy (non-hydrogen) atoms. The second-order valence-corrected chi connectivity index (χ2v) is 4.48. The Morgan fingerprint density at radius 2 is 2.05 bits per heavy atom. The zero-order valence-electron chi connectivity index (χ0n) is 10.7. The number of hydrogen-bond acceptors (Lipinski definition) is 4. The molecule has 96 valence electrons. The van der Waals surface area contributed by atoms with Crippen LogP contribution in [-0.4, -0.2) is 26.1 Å². The summed E-state index contributed by atoms with van der Waals surface area (Å²) in [5, 5.41) is 7.62. The number of nitrogens with one attached hydrogen (secondary N) is 1. The Kier molecular flexibility index (Phi) is 3.10. The van der Waals surface area contributed by atoms with Gasteiger partial charge in [0, 0.05) is 18.9 Å². The topological polar surface area (TPSA) is 55.1 Å². The highest BCUT2D eigenvalue weighted by Crippen LogP contribution is 2.13. The average molecular weight is 253 g/mol. The lowest BCUT2D eigenvalue weighted by Gasteiger charge is -2.09. The van der Waals surface area contributed by atoms with Gasteiger partial charge >= 0.3 is 0 Å². The first-order chi connectivity index (χ1) is 9.33. The first-order valence-electron chi connectivity index (χ1n) is 6.26. The van der Waals surface area contributed by atoms with E-state index in [1.54, 1.807) is 6.33 Å². The minimum Gasteiger partial charge on any atom is -0.370 e. The molecule has 0 fully saturated rings. The van der Waals surface area contributed by atoms with Gasteiger partial charge in [-0.1, -0.05) is 0 Å². The van der Waals surface area contributed by atoms with Crippen molar-refractivity contribution in [2.75, 3.05) is 11.9 Å². The molecule has 0 amide bonds. The fraction of sp³-hybridized carbons (Fsp3) is 0.214. The standard InChI is InChI=1S/C14H15N5/c1-11-8-13(19-14(9-11)17-10-18-19)16-7-4-12-2-5-15-6-3-12/h2-3,5-6,8-10,16H,4,7H2,1H3. The molecule has 0 radical (unpaired) electrons. The summed E-state index contributed by atoms with van der Waals surface area (Å²) >= 11 is 0. The molecule has 3 aromatic rings. The van der Waals surface area contributed by atoms with Gasteiger partial charge < -0.3 is 5.32 Å². The van der Waals surface area contributed by atoms with Gasteiger partial charge in [0.2, 0.25) is 0 Å². The van der Waals surface area contributed by atoms with Crippen LogP contribution in [0.2, 0.25) is 0 Å². The van der Waals surface area contributed by atoms with E-state index in [4.69, 9.17) is 0 Å². The number of aryl methyl sites for hydroxylation is 1. The minimum absolute atomic E-state index is 0.850. The van der Waals surface area contributed by atoms with Crippen LogP contribution in [0.3, 0.4) is 0 Å². The van der Waals surface area contributed by atoms with E-state index >= 15 is 0 Å². The number of nitrogens with zero attached hydrogens (tertiary/aromatic N) is 4. The summed E-state index contributed by atoms with van der Waals surface area (Å²) in [5.41, 5.74) is 3.31. The van der Waals surface area contributed by atoms with Crippen molar-refractivity contribution in [2.45, 2.75) is 13.3 Å². The van der Waals surface area contributed by atoms with Gasteiger partial charge in [-0.25, -0.2) is 4.98 Å². The second-order valence-electron chi connectivity index (χ2n) is 4.48. The molecule has 0 aromatic carbocycles. The third-order valence-corrected chi connectivity index (χ3v) is 2.99. The van der Waals surface area contributed by atoms with E-state index < -0.39 is 0 Å². The zero-order valence-corrected chi connectivity index (χ0v) is 10.7. The largest absolute Gasteiger partial charge is 0.370 e. The number of hydrogen-bond donors (Lipinski definition) is 1. The molecule has 0 aliphatic carbocycles. The van der Waals surface area contributed by atoms with Gasteiger partial charge in [-0.05, 0) is 48.7 Å². The molecule has 0 bridgehead atoms. The Hall–Kier alpha value is -2.43. The molecule has 0 aliphatic heterocycles. The van der Waals surface area contributed by atoms with Crippen LogP contribution in [-0.2, 0) is 6.42 Å². The van der Waals surface area contributed by atoms with Crippen molar-refractivity contribution in [1.82, 2.24) is 19.6 Å². The number of rotatable bonds is 4. The van der Waals surface area contributed by atoms with E-state index in [0.29, 0.717) is 0 Å². The van der Waals surface area contributed by atoms with E-state index in [1.165, 1.54) is 11.1 Å². The zero-order chi connectivity index (χ0) is 13.1. The first kappa shape index (κ1) is 11.6. The summed E-state index contributed by atoms with van der Waals surface area (Å²) in [6.07, 6.45) is 6.16. The normalized spacial score (nSPS) is 10.8. The van der Waals surface area contributed by atoms with Crippen LogP contribution in [0.25, 0.3) is 5.65 Å². The molecular weight excluding hydrogens is 238 g/mol. The molecular formula is C14H15N5. The molecule has 0 saturated carbocycles. The summed E-state index contributed by atoms with van der Waals surface area (Å²) in [4.78, 5) is 8.22. The number of pyridine rings is 2. The lowest BCUT2D eigenvalue weighted by Crippen LogP contribution is -2.09. The molecule has 0 atom stereocenters. The fourth-order valence-electron chi connectivity index (χ4n) is 2.07. The molecule has 3 aromatic heterocycles. The molecule has 0 aliphatic rings. The molecule has 5 nitrogen and oxygen atoms in total. The maximum atomic E-state index is 4.22.